The summed E-state index contributed by atoms with van der Waals surface area (Å²) in [6.45, 7) is 4.82. The fraction of sp³-hybridized carbons (Fsp3) is 0.909. The molecule has 1 fully saturated rings. The molecule has 1 amide bonds. The summed E-state index contributed by atoms with van der Waals surface area (Å²) in [6.07, 6.45) is 1.16. The van der Waals surface area contributed by atoms with Gasteiger partial charge < -0.3 is 10.6 Å². The smallest absolute Gasteiger partial charge is 0.239 e. The third kappa shape index (κ3) is 4.63. The predicted octanol–water partition coefficient (Wildman–Crippen LogP) is 0.00690. The largest absolute Gasteiger partial charge is 0.340 e. The van der Waals surface area contributed by atoms with Gasteiger partial charge in [-0.1, -0.05) is 13.8 Å². The first-order valence-corrected chi connectivity index (χ1v) is 7.89. The Morgan fingerprint density at radius 2 is 1.94 bits per heavy atom. The van der Waals surface area contributed by atoms with Crippen LogP contribution in [0.25, 0.3) is 0 Å². The van der Waals surface area contributed by atoms with Gasteiger partial charge in [0.1, 0.15) is 0 Å². The van der Waals surface area contributed by atoms with Crippen LogP contribution in [0, 0.1) is 5.92 Å². The van der Waals surface area contributed by atoms with Crippen molar-refractivity contribution in [1.82, 2.24) is 4.90 Å². The van der Waals surface area contributed by atoms with Gasteiger partial charge in [0.25, 0.3) is 0 Å². The quantitative estimate of drug-likeness (QED) is 0.776. The van der Waals surface area contributed by atoms with Crippen molar-refractivity contribution in [3.05, 3.63) is 0 Å². The van der Waals surface area contributed by atoms with E-state index < -0.39 is 15.9 Å². The molecule has 1 atom stereocenters. The van der Waals surface area contributed by atoms with E-state index in [9.17, 15) is 13.2 Å². The van der Waals surface area contributed by atoms with Crippen molar-refractivity contribution in [2.45, 2.75) is 32.7 Å². The average Bonchev–Trinajstić information content (AvgIpc) is 2.37. The van der Waals surface area contributed by atoms with Crippen LogP contribution in [-0.2, 0) is 14.6 Å². The summed E-state index contributed by atoms with van der Waals surface area (Å²) in [5.41, 5.74) is 5.83. The van der Waals surface area contributed by atoms with E-state index in [1.807, 2.05) is 13.8 Å². The number of amides is 1. The van der Waals surface area contributed by atoms with Gasteiger partial charge in [-0.15, -0.1) is 0 Å². The van der Waals surface area contributed by atoms with Crippen molar-refractivity contribution < 1.29 is 13.2 Å². The Labute approximate surface area is 103 Å². The third-order valence-electron chi connectivity index (χ3n) is 2.91. The number of hydrogen-bond acceptors (Lipinski definition) is 4. The van der Waals surface area contributed by atoms with Gasteiger partial charge in [-0.05, 0) is 18.8 Å². The molecule has 1 heterocycles. The SMILES string of the molecule is CC(C)CC(N)C(=O)N1CCCS(=O)(=O)CC1. The molecule has 100 valence electrons. The molecule has 0 spiro atoms. The monoisotopic (exact) mass is 262 g/mol. The second kappa shape index (κ2) is 5.82. The molecule has 17 heavy (non-hydrogen) atoms. The van der Waals surface area contributed by atoms with Gasteiger partial charge in [-0.25, -0.2) is 8.42 Å². The fourth-order valence-corrected chi connectivity index (χ4v) is 3.27. The highest BCUT2D eigenvalue weighted by molar-refractivity contribution is 7.91. The molecule has 0 aromatic heterocycles. The molecule has 0 radical (unpaired) electrons. The van der Waals surface area contributed by atoms with Gasteiger partial charge in [0.15, 0.2) is 9.84 Å². The Bertz CT molecular complexity index is 365. The zero-order chi connectivity index (χ0) is 13.1. The van der Waals surface area contributed by atoms with Gasteiger partial charge in [0, 0.05) is 13.1 Å². The number of carbonyl (C=O) groups is 1. The molecule has 2 N–H and O–H groups in total. The first-order chi connectivity index (χ1) is 7.82. The van der Waals surface area contributed by atoms with Gasteiger partial charge in [-0.2, -0.15) is 0 Å². The lowest BCUT2D eigenvalue weighted by Crippen LogP contribution is -2.45. The second-order valence-corrected chi connectivity index (χ2v) is 7.37. The normalized spacial score (nSPS) is 22.2. The molecule has 6 heteroatoms. The van der Waals surface area contributed by atoms with Crippen LogP contribution in [0.4, 0.5) is 0 Å². The van der Waals surface area contributed by atoms with Crippen LogP contribution >= 0.6 is 0 Å². The molecule has 1 aliphatic rings. The zero-order valence-electron chi connectivity index (χ0n) is 10.6. The van der Waals surface area contributed by atoms with Crippen LogP contribution in [-0.4, -0.2) is 49.9 Å². The van der Waals surface area contributed by atoms with E-state index in [-0.39, 0.29) is 24.0 Å². The van der Waals surface area contributed by atoms with Crippen LogP contribution in [0.15, 0.2) is 0 Å². The third-order valence-corrected chi connectivity index (χ3v) is 4.63. The first-order valence-electron chi connectivity index (χ1n) is 6.06. The molecule has 5 nitrogen and oxygen atoms in total. The van der Waals surface area contributed by atoms with E-state index in [4.69, 9.17) is 5.73 Å². The van der Waals surface area contributed by atoms with E-state index in [1.54, 1.807) is 4.90 Å². The van der Waals surface area contributed by atoms with E-state index >= 15 is 0 Å². The van der Waals surface area contributed by atoms with Crippen molar-refractivity contribution in [3.63, 3.8) is 0 Å². The second-order valence-electron chi connectivity index (χ2n) is 5.07. The summed E-state index contributed by atoms with van der Waals surface area (Å²) in [7, 11) is -2.97. The number of nitrogens with zero attached hydrogens (tertiary/aromatic N) is 1. The van der Waals surface area contributed by atoms with Gasteiger partial charge >= 0.3 is 0 Å². The number of carbonyl (C=O) groups excluding carboxylic acids is 1. The summed E-state index contributed by atoms with van der Waals surface area (Å²) in [5.74, 6) is 0.490. The fourth-order valence-electron chi connectivity index (χ4n) is 2.00. The van der Waals surface area contributed by atoms with Crippen LogP contribution < -0.4 is 5.73 Å². The molecule has 0 bridgehead atoms. The number of sulfone groups is 1. The van der Waals surface area contributed by atoms with Crippen LogP contribution in [0.1, 0.15) is 26.7 Å². The molecule has 0 aromatic carbocycles. The van der Waals surface area contributed by atoms with Crippen molar-refractivity contribution >= 4 is 15.7 Å². The van der Waals surface area contributed by atoms with Gasteiger partial charge in [0.2, 0.25) is 5.91 Å². The lowest BCUT2D eigenvalue weighted by Gasteiger charge is -2.24. The van der Waals surface area contributed by atoms with Gasteiger partial charge in [-0.3, -0.25) is 4.79 Å². The Kier molecular flexibility index (Phi) is 4.94. The first kappa shape index (κ1) is 14.4. The van der Waals surface area contributed by atoms with Crippen LogP contribution in [0.2, 0.25) is 0 Å². The molecule has 0 aromatic rings. The van der Waals surface area contributed by atoms with E-state index in [2.05, 4.69) is 0 Å². The number of rotatable bonds is 3. The number of nitrogens with two attached hydrogens (primary N) is 1. The highest BCUT2D eigenvalue weighted by Crippen LogP contribution is 2.10. The maximum Gasteiger partial charge on any atom is 0.239 e. The van der Waals surface area contributed by atoms with E-state index in [0.29, 0.717) is 25.3 Å². The molecule has 1 unspecified atom stereocenters. The minimum absolute atomic E-state index is 0.0626. The van der Waals surface area contributed by atoms with Crippen LogP contribution in [0.3, 0.4) is 0 Å². The topological polar surface area (TPSA) is 80.5 Å². The summed E-state index contributed by atoms with van der Waals surface area (Å²) >= 11 is 0. The lowest BCUT2D eigenvalue weighted by molar-refractivity contribution is -0.132. The highest BCUT2D eigenvalue weighted by atomic mass is 32.2. The summed E-state index contributed by atoms with van der Waals surface area (Å²) in [4.78, 5) is 13.6. The molecular weight excluding hydrogens is 240 g/mol. The van der Waals surface area contributed by atoms with Crippen molar-refractivity contribution in [3.8, 4) is 0 Å². The lowest BCUT2D eigenvalue weighted by atomic mass is 10.0. The Balaban J connectivity index is 2.58. The van der Waals surface area contributed by atoms with E-state index in [1.165, 1.54) is 0 Å². The van der Waals surface area contributed by atoms with Crippen LogP contribution in [0.5, 0.6) is 0 Å². The molecular formula is C11H22N2O3S. The Hall–Kier alpha value is -0.620. The Morgan fingerprint density at radius 3 is 2.53 bits per heavy atom. The van der Waals surface area contributed by atoms with Crippen molar-refractivity contribution in [1.29, 1.82) is 0 Å². The maximum atomic E-state index is 12.0. The van der Waals surface area contributed by atoms with Gasteiger partial charge in [0.05, 0.1) is 17.5 Å². The number of hydrogen-bond donors (Lipinski definition) is 1. The molecule has 1 saturated heterocycles. The van der Waals surface area contributed by atoms with Crippen molar-refractivity contribution in [2.24, 2.45) is 11.7 Å². The molecule has 1 rings (SSSR count). The molecule has 0 aliphatic carbocycles. The predicted molar refractivity (Wildman–Crippen MR) is 67.3 cm³/mol. The summed E-state index contributed by atoms with van der Waals surface area (Å²) in [6, 6.07) is -0.504. The summed E-state index contributed by atoms with van der Waals surface area (Å²) in [5, 5.41) is 0. The highest BCUT2D eigenvalue weighted by Gasteiger charge is 2.26. The van der Waals surface area contributed by atoms with Crippen molar-refractivity contribution in [2.75, 3.05) is 24.6 Å². The Morgan fingerprint density at radius 1 is 1.29 bits per heavy atom. The average molecular weight is 262 g/mol. The minimum atomic E-state index is -2.97. The maximum absolute atomic E-state index is 12.0. The zero-order valence-corrected chi connectivity index (χ0v) is 11.4. The van der Waals surface area contributed by atoms with E-state index in [0.717, 1.165) is 0 Å². The standard InChI is InChI=1S/C11H22N2O3S/c1-9(2)8-10(12)11(14)13-4-3-6-17(15,16)7-5-13/h9-10H,3-8,12H2,1-2H3. The minimum Gasteiger partial charge on any atom is -0.340 e. The molecule has 1 aliphatic heterocycles. The molecule has 0 saturated carbocycles. The summed E-state index contributed by atoms with van der Waals surface area (Å²) < 4.78 is 22.8.